The van der Waals surface area contributed by atoms with Gasteiger partial charge in [0.25, 0.3) is 0 Å². The summed E-state index contributed by atoms with van der Waals surface area (Å²) < 4.78 is 0. The van der Waals surface area contributed by atoms with E-state index in [0.29, 0.717) is 12.0 Å². The Kier molecular flexibility index (Phi) is 3.74. The molecule has 0 radical (unpaired) electrons. The van der Waals surface area contributed by atoms with Crippen LogP contribution in [0.2, 0.25) is 0 Å². The predicted molar refractivity (Wildman–Crippen MR) is 86.9 cm³/mol. The van der Waals surface area contributed by atoms with Crippen LogP contribution in [0.1, 0.15) is 18.7 Å². The number of thiophene rings is 1. The molecule has 6 nitrogen and oxygen atoms in total. The molecule has 0 aliphatic heterocycles. The lowest BCUT2D eigenvalue weighted by molar-refractivity contribution is 0.680. The minimum atomic E-state index is 0.324. The van der Waals surface area contributed by atoms with E-state index in [1.165, 1.54) is 4.88 Å². The molecule has 0 spiro atoms. The highest BCUT2D eigenvalue weighted by atomic mass is 32.1. The molecule has 0 aliphatic rings. The second-order valence-electron chi connectivity index (χ2n) is 5.05. The van der Waals surface area contributed by atoms with Crippen molar-refractivity contribution in [2.24, 2.45) is 0 Å². The Morgan fingerprint density at radius 1 is 1.38 bits per heavy atom. The highest BCUT2D eigenvalue weighted by Crippen LogP contribution is 2.27. The van der Waals surface area contributed by atoms with E-state index in [1.807, 2.05) is 7.05 Å². The minimum absolute atomic E-state index is 0.324. The molecule has 3 heterocycles. The largest absolute Gasteiger partial charge is 0.357 e. The standard InChI is InChI=1S/C14H18N6S/c1-9(2)20(8-10-5-4-6-21-10)13-11-7-16-19-12(11)17-14(15-3)18-13/h4-7,9H,8H2,1-3H3,(H2,15,16,17,18,19). The fourth-order valence-electron chi connectivity index (χ4n) is 2.22. The van der Waals surface area contributed by atoms with Crippen molar-refractivity contribution >= 4 is 34.1 Å². The summed E-state index contributed by atoms with van der Waals surface area (Å²) in [5.41, 5.74) is 0.751. The molecule has 0 saturated carbocycles. The summed E-state index contributed by atoms with van der Waals surface area (Å²) in [6, 6.07) is 4.54. The topological polar surface area (TPSA) is 69.7 Å². The molecule has 0 unspecified atom stereocenters. The Hall–Kier alpha value is -2.15. The fraction of sp³-hybridized carbons (Fsp3) is 0.357. The molecule has 7 heteroatoms. The van der Waals surface area contributed by atoms with E-state index in [9.17, 15) is 0 Å². The Bertz CT molecular complexity index is 718. The number of aromatic nitrogens is 4. The van der Waals surface area contributed by atoms with Gasteiger partial charge >= 0.3 is 0 Å². The van der Waals surface area contributed by atoms with Crippen molar-refractivity contribution in [1.29, 1.82) is 0 Å². The summed E-state index contributed by atoms with van der Waals surface area (Å²) in [6.07, 6.45) is 1.79. The third kappa shape index (κ3) is 2.69. The summed E-state index contributed by atoms with van der Waals surface area (Å²) in [5, 5.41) is 13.1. The van der Waals surface area contributed by atoms with Crippen LogP contribution in [0.15, 0.2) is 23.7 Å². The molecule has 3 aromatic heterocycles. The van der Waals surface area contributed by atoms with E-state index in [2.05, 4.69) is 61.7 Å². The Morgan fingerprint density at radius 3 is 2.90 bits per heavy atom. The number of rotatable bonds is 5. The van der Waals surface area contributed by atoms with Crippen LogP contribution in [0.5, 0.6) is 0 Å². The Balaban J connectivity index is 2.07. The predicted octanol–water partition coefficient (Wildman–Crippen LogP) is 2.87. The SMILES string of the molecule is CNc1nc(N(Cc2cccs2)C(C)C)c2cn[nH]c2n1. The summed E-state index contributed by atoms with van der Waals surface area (Å²) in [5.74, 6) is 1.50. The first-order valence-electron chi connectivity index (χ1n) is 6.87. The molecule has 3 aromatic rings. The third-order valence-electron chi connectivity index (χ3n) is 3.31. The number of H-pyrrole nitrogens is 1. The van der Waals surface area contributed by atoms with Gasteiger partial charge in [0.15, 0.2) is 5.65 Å². The molecule has 2 N–H and O–H groups in total. The zero-order valence-electron chi connectivity index (χ0n) is 12.3. The van der Waals surface area contributed by atoms with Crippen LogP contribution < -0.4 is 10.2 Å². The maximum absolute atomic E-state index is 4.64. The van der Waals surface area contributed by atoms with Gasteiger partial charge in [-0.2, -0.15) is 15.1 Å². The van der Waals surface area contributed by atoms with Crippen molar-refractivity contribution < 1.29 is 0 Å². The maximum Gasteiger partial charge on any atom is 0.226 e. The molecule has 0 aliphatic carbocycles. The fourth-order valence-corrected chi connectivity index (χ4v) is 2.93. The van der Waals surface area contributed by atoms with Gasteiger partial charge in [-0.3, -0.25) is 5.10 Å². The lowest BCUT2D eigenvalue weighted by atomic mass is 10.2. The quantitative estimate of drug-likeness (QED) is 0.758. The molecule has 0 fully saturated rings. The molecule has 110 valence electrons. The van der Waals surface area contributed by atoms with Gasteiger partial charge in [0.05, 0.1) is 18.1 Å². The zero-order valence-corrected chi connectivity index (χ0v) is 13.1. The second-order valence-corrected chi connectivity index (χ2v) is 6.09. The first-order chi connectivity index (χ1) is 10.2. The number of hydrogen-bond acceptors (Lipinski definition) is 6. The van der Waals surface area contributed by atoms with Gasteiger partial charge < -0.3 is 10.2 Å². The molecular formula is C14H18N6S. The van der Waals surface area contributed by atoms with Crippen molar-refractivity contribution in [1.82, 2.24) is 20.2 Å². The molecule has 3 rings (SSSR count). The smallest absolute Gasteiger partial charge is 0.226 e. The van der Waals surface area contributed by atoms with Crippen molar-refractivity contribution in [2.45, 2.75) is 26.4 Å². The van der Waals surface area contributed by atoms with E-state index < -0.39 is 0 Å². The van der Waals surface area contributed by atoms with Crippen molar-refractivity contribution in [3.05, 3.63) is 28.6 Å². The van der Waals surface area contributed by atoms with Crippen LogP contribution >= 0.6 is 11.3 Å². The van der Waals surface area contributed by atoms with Crippen molar-refractivity contribution in [3.63, 3.8) is 0 Å². The molecule has 0 amide bonds. The van der Waals surface area contributed by atoms with Gasteiger partial charge in [-0.1, -0.05) is 6.07 Å². The normalized spacial score (nSPS) is 11.2. The maximum atomic E-state index is 4.64. The van der Waals surface area contributed by atoms with Gasteiger partial charge in [0, 0.05) is 18.0 Å². The molecular weight excluding hydrogens is 284 g/mol. The molecule has 0 bridgehead atoms. The van der Waals surface area contributed by atoms with Crippen LogP contribution in [0, 0.1) is 0 Å². The van der Waals surface area contributed by atoms with Gasteiger partial charge in [-0.05, 0) is 25.3 Å². The number of anilines is 2. The highest BCUT2D eigenvalue weighted by molar-refractivity contribution is 7.09. The Labute approximate surface area is 127 Å². The van der Waals surface area contributed by atoms with Crippen LogP contribution in [0.3, 0.4) is 0 Å². The summed E-state index contributed by atoms with van der Waals surface area (Å²) in [6.45, 7) is 5.16. The molecule has 0 saturated heterocycles. The number of fused-ring (bicyclic) bond motifs is 1. The summed E-state index contributed by atoms with van der Waals surface area (Å²) >= 11 is 1.76. The summed E-state index contributed by atoms with van der Waals surface area (Å²) in [7, 11) is 1.82. The Morgan fingerprint density at radius 2 is 2.24 bits per heavy atom. The van der Waals surface area contributed by atoms with Crippen LogP contribution in [0.25, 0.3) is 11.0 Å². The van der Waals surface area contributed by atoms with E-state index in [1.54, 1.807) is 17.5 Å². The zero-order chi connectivity index (χ0) is 14.8. The first-order valence-corrected chi connectivity index (χ1v) is 7.75. The monoisotopic (exact) mass is 302 g/mol. The van der Waals surface area contributed by atoms with E-state index in [0.717, 1.165) is 23.4 Å². The van der Waals surface area contributed by atoms with Gasteiger partial charge in [0.2, 0.25) is 5.95 Å². The van der Waals surface area contributed by atoms with Crippen molar-refractivity contribution in [3.8, 4) is 0 Å². The highest BCUT2D eigenvalue weighted by Gasteiger charge is 2.19. The van der Waals surface area contributed by atoms with Gasteiger partial charge in [-0.25, -0.2) is 0 Å². The van der Waals surface area contributed by atoms with Gasteiger partial charge in [0.1, 0.15) is 5.82 Å². The molecule has 0 atom stereocenters. The van der Waals surface area contributed by atoms with E-state index in [-0.39, 0.29) is 0 Å². The minimum Gasteiger partial charge on any atom is -0.357 e. The average Bonchev–Trinajstić information content (AvgIpc) is 3.14. The lowest BCUT2D eigenvalue weighted by Crippen LogP contribution is -2.31. The molecule has 21 heavy (non-hydrogen) atoms. The van der Waals surface area contributed by atoms with Crippen LogP contribution in [0.4, 0.5) is 11.8 Å². The number of hydrogen-bond donors (Lipinski definition) is 2. The van der Waals surface area contributed by atoms with E-state index >= 15 is 0 Å². The van der Waals surface area contributed by atoms with Gasteiger partial charge in [-0.15, -0.1) is 11.3 Å². The van der Waals surface area contributed by atoms with Crippen LogP contribution in [-0.2, 0) is 6.54 Å². The third-order valence-corrected chi connectivity index (χ3v) is 4.18. The second kappa shape index (κ2) is 5.69. The van der Waals surface area contributed by atoms with Crippen molar-refractivity contribution in [2.75, 3.05) is 17.3 Å². The average molecular weight is 302 g/mol. The summed E-state index contributed by atoms with van der Waals surface area (Å²) in [4.78, 5) is 12.6. The lowest BCUT2D eigenvalue weighted by Gasteiger charge is -2.28. The molecule has 0 aromatic carbocycles. The first kappa shape index (κ1) is 13.8. The number of aromatic amines is 1. The van der Waals surface area contributed by atoms with Crippen LogP contribution in [-0.4, -0.2) is 33.3 Å². The number of nitrogens with zero attached hydrogens (tertiary/aromatic N) is 4. The number of nitrogens with one attached hydrogen (secondary N) is 2. The van der Waals surface area contributed by atoms with E-state index in [4.69, 9.17) is 0 Å².